The highest BCUT2D eigenvalue weighted by Crippen LogP contribution is 2.24. The molecule has 1 atom stereocenters. The van der Waals surface area contributed by atoms with Crippen LogP contribution in [0, 0.1) is 0 Å². The molecule has 0 spiro atoms. The van der Waals surface area contributed by atoms with Crippen LogP contribution < -0.4 is 15.5 Å². The maximum absolute atomic E-state index is 11.8. The molecule has 1 unspecified atom stereocenters. The van der Waals surface area contributed by atoms with Crippen LogP contribution in [0.3, 0.4) is 0 Å². The van der Waals surface area contributed by atoms with E-state index < -0.39 is 9.84 Å². The Kier molecular flexibility index (Phi) is 5.59. The first-order valence-electron chi connectivity index (χ1n) is 8.81. The number of carbonyl (C=O) groups excluding carboxylic acids is 1. The summed E-state index contributed by atoms with van der Waals surface area (Å²) in [5.41, 5.74) is 1.46. The molecular formula is C18H23N5O3S. The average molecular weight is 389 g/mol. The van der Waals surface area contributed by atoms with E-state index in [-0.39, 0.29) is 23.5 Å². The lowest BCUT2D eigenvalue weighted by Gasteiger charge is -2.27. The van der Waals surface area contributed by atoms with Gasteiger partial charge in [0.1, 0.15) is 5.82 Å². The predicted molar refractivity (Wildman–Crippen MR) is 106 cm³/mol. The number of hydrogen-bond acceptors (Lipinski definition) is 7. The first kappa shape index (κ1) is 19.1. The minimum atomic E-state index is -2.98. The molecule has 3 rings (SSSR count). The van der Waals surface area contributed by atoms with Gasteiger partial charge in [0, 0.05) is 37.1 Å². The van der Waals surface area contributed by atoms with E-state index >= 15 is 0 Å². The molecule has 1 aliphatic rings. The zero-order valence-corrected chi connectivity index (χ0v) is 16.2. The standard InChI is InChI=1S/C18H23N5O3S/c1-3-23(16-8-10-27(25,26)12-16)18-19-9-7-17(22-18)21-15-6-4-5-14(11-15)20-13(2)24/h4-7,9,11,16H,3,8,10,12H2,1-2H3,(H,20,24)(H,19,21,22). The quantitative estimate of drug-likeness (QED) is 0.780. The highest BCUT2D eigenvalue weighted by molar-refractivity contribution is 7.91. The third-order valence-corrected chi connectivity index (χ3v) is 6.10. The summed E-state index contributed by atoms with van der Waals surface area (Å²) in [6.45, 7) is 4.05. The summed E-state index contributed by atoms with van der Waals surface area (Å²) < 4.78 is 23.6. The Hall–Kier alpha value is -2.68. The molecule has 1 aromatic heterocycles. The van der Waals surface area contributed by atoms with E-state index in [0.717, 1.165) is 5.69 Å². The van der Waals surface area contributed by atoms with Crippen molar-refractivity contribution in [1.29, 1.82) is 0 Å². The maximum atomic E-state index is 11.8. The molecule has 0 bridgehead atoms. The molecule has 0 aliphatic carbocycles. The van der Waals surface area contributed by atoms with Crippen LogP contribution >= 0.6 is 0 Å². The van der Waals surface area contributed by atoms with Crippen LogP contribution in [0.2, 0.25) is 0 Å². The predicted octanol–water partition coefficient (Wildman–Crippen LogP) is 2.19. The van der Waals surface area contributed by atoms with E-state index in [1.165, 1.54) is 6.92 Å². The molecule has 27 heavy (non-hydrogen) atoms. The summed E-state index contributed by atoms with van der Waals surface area (Å²) >= 11 is 0. The lowest BCUT2D eigenvalue weighted by Crippen LogP contribution is -2.37. The van der Waals surface area contributed by atoms with Crippen LogP contribution in [-0.4, -0.2) is 48.4 Å². The first-order chi connectivity index (χ1) is 12.9. The van der Waals surface area contributed by atoms with Gasteiger partial charge in [-0.2, -0.15) is 4.98 Å². The van der Waals surface area contributed by atoms with E-state index in [9.17, 15) is 13.2 Å². The van der Waals surface area contributed by atoms with Crippen molar-refractivity contribution < 1.29 is 13.2 Å². The largest absolute Gasteiger partial charge is 0.340 e. The number of carbonyl (C=O) groups is 1. The smallest absolute Gasteiger partial charge is 0.227 e. The summed E-state index contributed by atoms with van der Waals surface area (Å²) in [5, 5.41) is 5.93. The number of anilines is 4. The van der Waals surface area contributed by atoms with Crippen molar-refractivity contribution in [2.45, 2.75) is 26.3 Å². The van der Waals surface area contributed by atoms with Gasteiger partial charge in [-0.25, -0.2) is 13.4 Å². The molecule has 1 fully saturated rings. The monoisotopic (exact) mass is 389 g/mol. The fourth-order valence-electron chi connectivity index (χ4n) is 3.17. The molecule has 2 N–H and O–H groups in total. The summed E-state index contributed by atoms with van der Waals surface area (Å²) in [7, 11) is -2.98. The molecule has 0 radical (unpaired) electrons. The van der Waals surface area contributed by atoms with E-state index in [1.54, 1.807) is 18.3 Å². The van der Waals surface area contributed by atoms with Gasteiger partial charge >= 0.3 is 0 Å². The molecule has 1 amide bonds. The van der Waals surface area contributed by atoms with Crippen molar-refractivity contribution in [3.05, 3.63) is 36.5 Å². The second-order valence-corrected chi connectivity index (χ2v) is 8.70. The van der Waals surface area contributed by atoms with Crippen LogP contribution in [0.1, 0.15) is 20.3 Å². The van der Waals surface area contributed by atoms with Gasteiger partial charge in [0.25, 0.3) is 0 Å². The number of aromatic nitrogens is 2. The lowest BCUT2D eigenvalue weighted by atomic mass is 10.2. The van der Waals surface area contributed by atoms with E-state index in [1.807, 2.05) is 30.0 Å². The van der Waals surface area contributed by atoms with Crippen molar-refractivity contribution in [1.82, 2.24) is 9.97 Å². The van der Waals surface area contributed by atoms with E-state index in [4.69, 9.17) is 0 Å². The van der Waals surface area contributed by atoms with Crippen LogP contribution in [-0.2, 0) is 14.6 Å². The Morgan fingerprint density at radius 3 is 2.74 bits per heavy atom. The van der Waals surface area contributed by atoms with Gasteiger partial charge in [0.2, 0.25) is 11.9 Å². The van der Waals surface area contributed by atoms with Crippen LogP contribution in [0.15, 0.2) is 36.5 Å². The summed E-state index contributed by atoms with van der Waals surface area (Å²) in [4.78, 5) is 22.0. The fraction of sp³-hybridized carbons (Fsp3) is 0.389. The van der Waals surface area contributed by atoms with Gasteiger partial charge in [0.15, 0.2) is 9.84 Å². The minimum absolute atomic E-state index is 0.0988. The Balaban J connectivity index is 1.78. The highest BCUT2D eigenvalue weighted by Gasteiger charge is 2.32. The van der Waals surface area contributed by atoms with Gasteiger partial charge in [-0.15, -0.1) is 0 Å². The number of rotatable bonds is 6. The van der Waals surface area contributed by atoms with Crippen LogP contribution in [0.25, 0.3) is 0 Å². The molecule has 2 aromatic rings. The lowest BCUT2D eigenvalue weighted by molar-refractivity contribution is -0.114. The molecule has 9 heteroatoms. The number of sulfone groups is 1. The van der Waals surface area contributed by atoms with Crippen LogP contribution in [0.5, 0.6) is 0 Å². The molecule has 2 heterocycles. The zero-order valence-electron chi connectivity index (χ0n) is 15.3. The van der Waals surface area contributed by atoms with Gasteiger partial charge in [0.05, 0.1) is 11.5 Å². The van der Waals surface area contributed by atoms with Crippen molar-refractivity contribution in [3.8, 4) is 0 Å². The van der Waals surface area contributed by atoms with Gasteiger partial charge in [-0.1, -0.05) is 6.07 Å². The van der Waals surface area contributed by atoms with Gasteiger partial charge in [-0.05, 0) is 37.6 Å². The average Bonchev–Trinajstić information content (AvgIpc) is 2.95. The van der Waals surface area contributed by atoms with Crippen LogP contribution in [0.4, 0.5) is 23.1 Å². The number of nitrogens with zero attached hydrogens (tertiary/aromatic N) is 3. The Morgan fingerprint density at radius 1 is 1.30 bits per heavy atom. The third-order valence-electron chi connectivity index (χ3n) is 4.34. The van der Waals surface area contributed by atoms with E-state index in [2.05, 4.69) is 20.6 Å². The molecule has 1 saturated heterocycles. The molecule has 144 valence electrons. The second kappa shape index (κ2) is 7.91. The third kappa shape index (κ3) is 4.94. The zero-order chi connectivity index (χ0) is 19.4. The second-order valence-electron chi connectivity index (χ2n) is 6.47. The molecular weight excluding hydrogens is 366 g/mol. The van der Waals surface area contributed by atoms with Crippen molar-refractivity contribution in [3.63, 3.8) is 0 Å². The Morgan fingerprint density at radius 2 is 2.07 bits per heavy atom. The number of amides is 1. The maximum Gasteiger partial charge on any atom is 0.227 e. The summed E-state index contributed by atoms with van der Waals surface area (Å²) in [6.07, 6.45) is 2.24. The van der Waals surface area contributed by atoms with Crippen molar-refractivity contribution in [2.75, 3.05) is 33.6 Å². The molecule has 8 nitrogen and oxygen atoms in total. The molecule has 1 aliphatic heterocycles. The van der Waals surface area contributed by atoms with Gasteiger partial charge in [-0.3, -0.25) is 4.79 Å². The normalized spacial score (nSPS) is 18.1. The molecule has 1 aromatic carbocycles. The van der Waals surface area contributed by atoms with Gasteiger partial charge < -0.3 is 15.5 Å². The fourth-order valence-corrected chi connectivity index (χ4v) is 4.90. The number of nitrogens with one attached hydrogen (secondary N) is 2. The topological polar surface area (TPSA) is 104 Å². The summed E-state index contributed by atoms with van der Waals surface area (Å²) in [6, 6.07) is 8.96. The Labute approximate surface area is 158 Å². The number of hydrogen-bond donors (Lipinski definition) is 2. The molecule has 0 saturated carbocycles. The van der Waals surface area contributed by atoms with E-state index in [0.29, 0.717) is 30.4 Å². The van der Waals surface area contributed by atoms with Crippen molar-refractivity contribution >= 4 is 38.9 Å². The first-order valence-corrected chi connectivity index (χ1v) is 10.6. The number of benzene rings is 1. The SMILES string of the molecule is CCN(c1nccc(Nc2cccc(NC(C)=O)c2)n1)C1CCS(=O)(=O)C1. The Bertz CT molecular complexity index is 932. The van der Waals surface area contributed by atoms with Crippen molar-refractivity contribution in [2.24, 2.45) is 0 Å². The minimum Gasteiger partial charge on any atom is -0.340 e. The summed E-state index contributed by atoms with van der Waals surface area (Å²) in [5.74, 6) is 1.31. The highest BCUT2D eigenvalue weighted by atomic mass is 32.2.